The fraction of sp³-hybridized carbons (Fsp3) is 0.164. The molecule has 0 heterocycles. The third-order valence-electron chi connectivity index (χ3n) is 14.4. The Hall–Kier alpha value is -6.18. The van der Waals surface area contributed by atoms with Crippen LogP contribution in [0.25, 0.3) is 39.0 Å². The molecule has 1 nitrogen and oxygen atoms in total. The molecule has 1 atom stereocenters. The van der Waals surface area contributed by atoms with Crippen molar-refractivity contribution in [2.24, 2.45) is 5.92 Å². The smallest absolute Gasteiger partial charge is 0.0726 e. The molecule has 0 bridgehead atoms. The summed E-state index contributed by atoms with van der Waals surface area (Å²) >= 11 is 0. The molecule has 0 aliphatic heterocycles. The zero-order valence-corrected chi connectivity index (χ0v) is 32.4. The Bertz CT molecular complexity index is 2870. The molecule has 5 aliphatic rings. The van der Waals surface area contributed by atoms with Crippen molar-refractivity contribution in [3.63, 3.8) is 0 Å². The molecule has 0 aromatic heterocycles. The first-order valence-corrected chi connectivity index (χ1v) is 20.3. The quantitative estimate of drug-likeness (QED) is 0.176. The zero-order chi connectivity index (χ0) is 37.6. The first kappa shape index (κ1) is 32.1. The molecule has 0 saturated carbocycles. The number of anilines is 3. The summed E-state index contributed by atoms with van der Waals surface area (Å²) in [6.45, 7) is 9.70. The van der Waals surface area contributed by atoms with Crippen molar-refractivity contribution in [3.05, 3.63) is 214 Å². The lowest BCUT2D eigenvalue weighted by atomic mass is 9.70. The number of rotatable bonds is 3. The number of allylic oxidation sites excluding steroid dienone is 4. The molecule has 0 radical (unpaired) electrons. The molecule has 1 spiro atoms. The number of hydrogen-bond acceptors (Lipinski definition) is 1. The van der Waals surface area contributed by atoms with Gasteiger partial charge in [0, 0.05) is 22.2 Å². The highest BCUT2D eigenvalue weighted by Gasteiger charge is 2.53. The predicted molar refractivity (Wildman–Crippen MR) is 233 cm³/mol. The van der Waals surface area contributed by atoms with Crippen LogP contribution in [-0.2, 0) is 16.2 Å². The van der Waals surface area contributed by atoms with Gasteiger partial charge in [0.05, 0.1) is 16.8 Å². The molecule has 5 aliphatic carbocycles. The van der Waals surface area contributed by atoms with Crippen LogP contribution in [0.1, 0.15) is 78.6 Å². The third kappa shape index (κ3) is 3.81. The Labute approximate surface area is 330 Å². The SMILES string of the molecule is CC1(C)c2ccccc2-c2ccc(N(c3cccc4c3C3=CC=CCC3C4(C)C)c3cccc4c3-c3ccccc3C43c4ccccc4-c4ccccc43)cc21. The van der Waals surface area contributed by atoms with Crippen LogP contribution in [0.4, 0.5) is 17.1 Å². The molecule has 268 valence electrons. The molecule has 56 heavy (non-hydrogen) atoms. The van der Waals surface area contributed by atoms with Gasteiger partial charge in [0.25, 0.3) is 0 Å². The van der Waals surface area contributed by atoms with E-state index in [4.69, 9.17) is 0 Å². The molecule has 1 heteroatoms. The highest BCUT2D eigenvalue weighted by molar-refractivity contribution is 6.03. The largest absolute Gasteiger partial charge is 0.309 e. The van der Waals surface area contributed by atoms with E-state index in [1.165, 1.54) is 101 Å². The molecule has 0 N–H and O–H groups in total. The minimum absolute atomic E-state index is 0.0156. The fourth-order valence-corrected chi connectivity index (χ4v) is 11.9. The summed E-state index contributed by atoms with van der Waals surface area (Å²) in [6, 6.07) is 58.0. The van der Waals surface area contributed by atoms with Crippen molar-refractivity contribution in [2.75, 3.05) is 4.90 Å². The van der Waals surface area contributed by atoms with E-state index >= 15 is 0 Å². The topological polar surface area (TPSA) is 3.24 Å². The van der Waals surface area contributed by atoms with E-state index in [2.05, 4.69) is 202 Å². The van der Waals surface area contributed by atoms with E-state index in [1.54, 1.807) is 0 Å². The Morgan fingerprint density at radius 1 is 0.464 bits per heavy atom. The lowest BCUT2D eigenvalue weighted by molar-refractivity contribution is 0.414. The second-order valence-electron chi connectivity index (χ2n) is 17.6. The summed E-state index contributed by atoms with van der Waals surface area (Å²) in [5.41, 5.74) is 23.7. The van der Waals surface area contributed by atoms with Gasteiger partial charge in [-0.25, -0.2) is 0 Å². The maximum absolute atomic E-state index is 2.64. The van der Waals surface area contributed by atoms with Gasteiger partial charge in [-0.1, -0.05) is 173 Å². The lowest BCUT2D eigenvalue weighted by Crippen LogP contribution is -2.26. The van der Waals surface area contributed by atoms with Crippen LogP contribution >= 0.6 is 0 Å². The van der Waals surface area contributed by atoms with Crippen LogP contribution < -0.4 is 4.90 Å². The van der Waals surface area contributed by atoms with Crippen LogP contribution in [0.5, 0.6) is 0 Å². The van der Waals surface area contributed by atoms with Crippen LogP contribution in [0, 0.1) is 5.92 Å². The highest BCUT2D eigenvalue weighted by atomic mass is 15.1. The summed E-state index contributed by atoms with van der Waals surface area (Å²) < 4.78 is 0. The van der Waals surface area contributed by atoms with Crippen LogP contribution in [-0.4, -0.2) is 0 Å². The number of fused-ring (bicyclic) bond motifs is 16. The summed E-state index contributed by atoms with van der Waals surface area (Å²) in [7, 11) is 0. The Morgan fingerprint density at radius 3 is 1.66 bits per heavy atom. The van der Waals surface area contributed by atoms with Crippen LogP contribution in [0.15, 0.2) is 170 Å². The van der Waals surface area contributed by atoms with Crippen molar-refractivity contribution >= 4 is 22.6 Å². The van der Waals surface area contributed by atoms with E-state index in [-0.39, 0.29) is 10.8 Å². The van der Waals surface area contributed by atoms with Gasteiger partial charge in [-0.15, -0.1) is 0 Å². The van der Waals surface area contributed by atoms with E-state index in [0.717, 1.165) is 6.42 Å². The van der Waals surface area contributed by atoms with Crippen molar-refractivity contribution in [3.8, 4) is 33.4 Å². The van der Waals surface area contributed by atoms with Crippen molar-refractivity contribution < 1.29 is 0 Å². The maximum atomic E-state index is 2.64. The summed E-state index contributed by atoms with van der Waals surface area (Å²) in [4.78, 5) is 2.64. The zero-order valence-electron chi connectivity index (χ0n) is 32.4. The Balaban J connectivity index is 1.19. The predicted octanol–water partition coefficient (Wildman–Crippen LogP) is 14.1. The fourth-order valence-electron chi connectivity index (χ4n) is 11.9. The first-order valence-electron chi connectivity index (χ1n) is 20.3. The number of benzene rings is 7. The monoisotopic (exact) mass is 717 g/mol. The summed E-state index contributed by atoms with van der Waals surface area (Å²) in [5, 5.41) is 0. The summed E-state index contributed by atoms with van der Waals surface area (Å²) in [6.07, 6.45) is 8.10. The van der Waals surface area contributed by atoms with Gasteiger partial charge in [0.2, 0.25) is 0 Å². The van der Waals surface area contributed by atoms with Gasteiger partial charge < -0.3 is 4.90 Å². The lowest BCUT2D eigenvalue weighted by Gasteiger charge is -2.33. The summed E-state index contributed by atoms with van der Waals surface area (Å²) in [5.74, 6) is 0.441. The van der Waals surface area contributed by atoms with Gasteiger partial charge in [-0.05, 0) is 114 Å². The standard InChI is InChI=1S/C55H43N/c1-53(2)42-23-11-8-20-39(42)51-46(53)27-15-29-49(51)56(34-31-32-38-35-17-5-10-22-41(35)54(3,4)48(38)33-34)50-30-16-28-47-52(50)40-21-9-14-26-45(40)55(47)43-24-12-6-18-36(43)37-19-7-13-25-44(37)55/h5-22,24-33,42H,23H2,1-4H3. The molecule has 1 unspecified atom stereocenters. The second-order valence-corrected chi connectivity index (χ2v) is 17.6. The van der Waals surface area contributed by atoms with Crippen molar-refractivity contribution in [2.45, 2.75) is 50.4 Å². The van der Waals surface area contributed by atoms with Gasteiger partial charge in [0.1, 0.15) is 0 Å². The van der Waals surface area contributed by atoms with Gasteiger partial charge in [-0.2, -0.15) is 0 Å². The van der Waals surface area contributed by atoms with E-state index < -0.39 is 5.41 Å². The molecular weight excluding hydrogens is 675 g/mol. The van der Waals surface area contributed by atoms with E-state index in [9.17, 15) is 0 Å². The number of nitrogens with zero attached hydrogens (tertiary/aromatic N) is 1. The normalized spacial score (nSPS) is 18.6. The molecule has 0 amide bonds. The molecular formula is C55H43N. The average Bonchev–Trinajstić information content (AvgIpc) is 3.87. The maximum Gasteiger partial charge on any atom is 0.0726 e. The first-order chi connectivity index (χ1) is 27.3. The number of hydrogen-bond donors (Lipinski definition) is 0. The van der Waals surface area contributed by atoms with Crippen LogP contribution in [0.3, 0.4) is 0 Å². The molecule has 0 fully saturated rings. The van der Waals surface area contributed by atoms with E-state index in [0.29, 0.717) is 5.92 Å². The Kier molecular flexibility index (Phi) is 6.30. The van der Waals surface area contributed by atoms with Crippen molar-refractivity contribution in [1.82, 2.24) is 0 Å². The third-order valence-corrected chi connectivity index (χ3v) is 14.4. The van der Waals surface area contributed by atoms with Gasteiger partial charge in [0.15, 0.2) is 0 Å². The van der Waals surface area contributed by atoms with Crippen LogP contribution in [0.2, 0.25) is 0 Å². The minimum atomic E-state index is -0.412. The molecule has 12 rings (SSSR count). The van der Waals surface area contributed by atoms with Gasteiger partial charge in [-0.3, -0.25) is 0 Å². The van der Waals surface area contributed by atoms with Gasteiger partial charge >= 0.3 is 0 Å². The molecule has 0 saturated heterocycles. The minimum Gasteiger partial charge on any atom is -0.309 e. The Morgan fingerprint density at radius 2 is 0.982 bits per heavy atom. The van der Waals surface area contributed by atoms with E-state index in [1.807, 2.05) is 0 Å². The molecule has 7 aromatic carbocycles. The second kappa shape index (κ2) is 11.0. The highest BCUT2D eigenvalue weighted by Crippen LogP contribution is 2.65. The van der Waals surface area contributed by atoms with Crippen molar-refractivity contribution in [1.29, 1.82) is 0 Å². The average molecular weight is 718 g/mol. The molecule has 7 aromatic rings.